The number of halogens is 2. The highest BCUT2D eigenvalue weighted by Crippen LogP contribution is 2.30. The fourth-order valence-electron chi connectivity index (χ4n) is 3.44. The Bertz CT molecular complexity index is 1330. The smallest absolute Gasteiger partial charge is 0.162 e. The molecule has 0 amide bonds. The maximum Gasteiger partial charge on any atom is 0.162 e. The van der Waals surface area contributed by atoms with Crippen LogP contribution < -0.4 is 5.32 Å². The number of anilines is 1. The quantitative estimate of drug-likeness (QED) is 0.458. The van der Waals surface area contributed by atoms with Crippen LogP contribution in [-0.2, 0) is 6.42 Å². The summed E-state index contributed by atoms with van der Waals surface area (Å²) in [6.07, 6.45) is 5.37. The van der Waals surface area contributed by atoms with Gasteiger partial charge in [0.05, 0.1) is 28.8 Å². The summed E-state index contributed by atoms with van der Waals surface area (Å²) in [4.78, 5) is 15.6. The van der Waals surface area contributed by atoms with E-state index in [1.165, 1.54) is 18.5 Å². The summed E-state index contributed by atoms with van der Waals surface area (Å²) in [5.74, 6) is 0.346. The highest BCUT2D eigenvalue weighted by molar-refractivity contribution is 6.34. The summed E-state index contributed by atoms with van der Waals surface area (Å²) in [6.45, 7) is 0.574. The zero-order valence-corrected chi connectivity index (χ0v) is 15.9. The zero-order valence-electron chi connectivity index (χ0n) is 15.1. The fraction of sp³-hybridized carbons (Fsp3) is 0.100. The highest BCUT2D eigenvalue weighted by atomic mass is 35.5. The van der Waals surface area contributed by atoms with Crippen molar-refractivity contribution in [1.29, 1.82) is 0 Å². The number of hydrogen-bond acceptors (Lipinski definition) is 5. The predicted octanol–water partition coefficient (Wildman–Crippen LogP) is 4.11. The Morgan fingerprint density at radius 2 is 2.07 bits per heavy atom. The SMILES string of the molecule is Fc1cccc(-c2c(CCNc3ncnc4[nH]cnc34)cc(Cl)c3ccnn23)c1. The minimum Gasteiger partial charge on any atom is -0.368 e. The molecule has 2 N–H and O–H groups in total. The van der Waals surface area contributed by atoms with Gasteiger partial charge in [-0.3, -0.25) is 0 Å². The molecule has 0 saturated heterocycles. The molecule has 9 heteroatoms. The Kier molecular flexibility index (Phi) is 4.33. The van der Waals surface area contributed by atoms with E-state index in [0.717, 1.165) is 22.3 Å². The number of hydrogen-bond donors (Lipinski definition) is 2. The minimum atomic E-state index is -0.302. The van der Waals surface area contributed by atoms with Crippen LogP contribution in [0.15, 0.2) is 55.2 Å². The number of nitrogens with one attached hydrogen (secondary N) is 2. The first-order valence-corrected chi connectivity index (χ1v) is 9.37. The van der Waals surface area contributed by atoms with E-state index in [-0.39, 0.29) is 5.82 Å². The normalized spacial score (nSPS) is 11.4. The van der Waals surface area contributed by atoms with Crippen LogP contribution in [0.4, 0.5) is 10.2 Å². The van der Waals surface area contributed by atoms with Crippen LogP contribution in [0.1, 0.15) is 5.56 Å². The van der Waals surface area contributed by atoms with Crippen LogP contribution >= 0.6 is 11.6 Å². The van der Waals surface area contributed by atoms with Crippen molar-refractivity contribution in [1.82, 2.24) is 29.5 Å². The van der Waals surface area contributed by atoms with Gasteiger partial charge in [-0.2, -0.15) is 5.10 Å². The van der Waals surface area contributed by atoms with Crippen molar-refractivity contribution in [2.75, 3.05) is 11.9 Å². The van der Waals surface area contributed by atoms with Crippen LogP contribution in [0.5, 0.6) is 0 Å². The van der Waals surface area contributed by atoms with E-state index in [9.17, 15) is 4.39 Å². The van der Waals surface area contributed by atoms with Crippen LogP contribution in [0, 0.1) is 5.82 Å². The molecular formula is C20H15ClFN7. The van der Waals surface area contributed by atoms with Gasteiger partial charge in [-0.05, 0) is 36.2 Å². The van der Waals surface area contributed by atoms with Crippen LogP contribution in [-0.4, -0.2) is 36.1 Å². The molecule has 0 spiro atoms. The summed E-state index contributed by atoms with van der Waals surface area (Å²) >= 11 is 6.46. The van der Waals surface area contributed by atoms with Crippen LogP contribution in [0.3, 0.4) is 0 Å². The summed E-state index contributed by atoms with van der Waals surface area (Å²) in [7, 11) is 0. The Morgan fingerprint density at radius 3 is 2.97 bits per heavy atom. The van der Waals surface area contributed by atoms with Gasteiger partial charge in [-0.25, -0.2) is 23.9 Å². The average Bonchev–Trinajstić information content (AvgIpc) is 3.38. The van der Waals surface area contributed by atoms with Crippen LogP contribution in [0.25, 0.3) is 27.9 Å². The molecular weight excluding hydrogens is 393 g/mol. The molecule has 5 aromatic rings. The molecule has 0 aliphatic carbocycles. The largest absolute Gasteiger partial charge is 0.368 e. The first-order chi connectivity index (χ1) is 14.2. The molecule has 0 radical (unpaired) electrons. The molecule has 4 aromatic heterocycles. The molecule has 0 saturated carbocycles. The van der Waals surface area contributed by atoms with Crippen LogP contribution in [0.2, 0.25) is 5.02 Å². The molecule has 0 aliphatic rings. The lowest BCUT2D eigenvalue weighted by atomic mass is 10.0. The number of aromatic amines is 1. The number of nitrogens with zero attached hydrogens (tertiary/aromatic N) is 5. The summed E-state index contributed by atoms with van der Waals surface area (Å²) < 4.78 is 15.6. The van der Waals surface area contributed by atoms with Gasteiger partial charge in [0, 0.05) is 12.1 Å². The first-order valence-electron chi connectivity index (χ1n) is 9.00. The van der Waals surface area contributed by atoms with E-state index in [2.05, 4.69) is 30.4 Å². The Morgan fingerprint density at radius 1 is 1.14 bits per heavy atom. The van der Waals surface area contributed by atoms with Gasteiger partial charge in [-0.15, -0.1) is 0 Å². The van der Waals surface area contributed by atoms with Crippen molar-refractivity contribution in [2.24, 2.45) is 0 Å². The van der Waals surface area contributed by atoms with Gasteiger partial charge in [0.2, 0.25) is 0 Å². The van der Waals surface area contributed by atoms with Gasteiger partial charge >= 0.3 is 0 Å². The molecule has 1 aromatic carbocycles. The number of aromatic nitrogens is 6. The second-order valence-electron chi connectivity index (χ2n) is 6.50. The highest BCUT2D eigenvalue weighted by Gasteiger charge is 2.15. The fourth-order valence-corrected chi connectivity index (χ4v) is 3.71. The van der Waals surface area contributed by atoms with Gasteiger partial charge in [-0.1, -0.05) is 23.7 Å². The standard InChI is InChI=1S/C20H15ClFN7/c21-15-9-13(4-6-23-19-17-20(25-10-24-17)27-11-26-19)18(29-16(15)5-7-28-29)12-2-1-3-14(22)8-12/h1-3,5,7-11H,4,6H2,(H2,23,24,25,26,27). The van der Waals surface area contributed by atoms with E-state index in [1.807, 2.05) is 18.2 Å². The molecule has 5 rings (SSSR count). The maximum absolute atomic E-state index is 13.9. The average molecular weight is 408 g/mol. The number of pyridine rings is 1. The molecule has 0 atom stereocenters. The number of rotatable bonds is 5. The Labute approximate surface area is 169 Å². The Hall–Kier alpha value is -3.52. The van der Waals surface area contributed by atoms with Crippen molar-refractivity contribution in [3.05, 3.63) is 71.7 Å². The third-order valence-electron chi connectivity index (χ3n) is 4.71. The third-order valence-corrected chi connectivity index (χ3v) is 5.01. The summed E-state index contributed by atoms with van der Waals surface area (Å²) in [5.41, 5.74) is 4.61. The monoisotopic (exact) mass is 407 g/mol. The van der Waals surface area contributed by atoms with Crippen molar-refractivity contribution in [2.45, 2.75) is 6.42 Å². The van der Waals surface area contributed by atoms with Gasteiger partial charge in [0.1, 0.15) is 17.7 Å². The molecule has 0 unspecified atom stereocenters. The van der Waals surface area contributed by atoms with Crippen molar-refractivity contribution >= 4 is 34.1 Å². The van der Waals surface area contributed by atoms with E-state index in [0.29, 0.717) is 35.0 Å². The van der Waals surface area contributed by atoms with E-state index < -0.39 is 0 Å². The number of fused-ring (bicyclic) bond motifs is 2. The topological polar surface area (TPSA) is 83.8 Å². The molecule has 144 valence electrons. The summed E-state index contributed by atoms with van der Waals surface area (Å²) in [6, 6.07) is 10.2. The first kappa shape index (κ1) is 17.6. The lowest BCUT2D eigenvalue weighted by Crippen LogP contribution is -2.10. The number of H-pyrrole nitrogens is 1. The van der Waals surface area contributed by atoms with Crippen molar-refractivity contribution in [3.63, 3.8) is 0 Å². The number of imidazole rings is 1. The van der Waals surface area contributed by atoms with Gasteiger partial charge < -0.3 is 10.3 Å². The molecule has 0 aliphatic heterocycles. The lowest BCUT2D eigenvalue weighted by Gasteiger charge is -2.14. The minimum absolute atomic E-state index is 0.302. The van der Waals surface area contributed by atoms with Gasteiger partial charge in [0.25, 0.3) is 0 Å². The molecule has 0 bridgehead atoms. The second kappa shape index (κ2) is 7.14. The molecule has 29 heavy (non-hydrogen) atoms. The molecule has 0 fully saturated rings. The maximum atomic E-state index is 13.9. The second-order valence-corrected chi connectivity index (χ2v) is 6.91. The van der Waals surface area contributed by atoms with Crippen molar-refractivity contribution < 1.29 is 4.39 Å². The van der Waals surface area contributed by atoms with E-state index in [4.69, 9.17) is 11.6 Å². The molecule has 4 heterocycles. The zero-order chi connectivity index (χ0) is 19.8. The van der Waals surface area contributed by atoms with Gasteiger partial charge in [0.15, 0.2) is 11.5 Å². The summed E-state index contributed by atoms with van der Waals surface area (Å²) in [5, 5.41) is 8.29. The predicted molar refractivity (Wildman–Crippen MR) is 109 cm³/mol. The van der Waals surface area contributed by atoms with Crippen molar-refractivity contribution in [3.8, 4) is 11.3 Å². The van der Waals surface area contributed by atoms with E-state index in [1.54, 1.807) is 23.1 Å². The lowest BCUT2D eigenvalue weighted by molar-refractivity contribution is 0.628. The third kappa shape index (κ3) is 3.17. The molecule has 7 nitrogen and oxygen atoms in total. The number of benzene rings is 1. The van der Waals surface area contributed by atoms with E-state index >= 15 is 0 Å². The Balaban J connectivity index is 1.51.